The Hall–Kier alpha value is -3.40. The van der Waals surface area contributed by atoms with Crippen molar-refractivity contribution in [2.75, 3.05) is 5.32 Å². The van der Waals surface area contributed by atoms with E-state index in [1.807, 2.05) is 55.6 Å². The van der Waals surface area contributed by atoms with E-state index in [1.165, 1.54) is 5.56 Å². The Balaban J connectivity index is 1.60. The van der Waals surface area contributed by atoms with Gasteiger partial charge in [0.15, 0.2) is 0 Å². The fourth-order valence-corrected chi connectivity index (χ4v) is 3.39. The number of hydrogen-bond acceptors (Lipinski definition) is 2. The molecule has 1 N–H and O–H groups in total. The van der Waals surface area contributed by atoms with Gasteiger partial charge >= 0.3 is 0 Å². The summed E-state index contributed by atoms with van der Waals surface area (Å²) in [5, 5.41) is 3.02. The minimum atomic E-state index is 0.00929. The second kappa shape index (κ2) is 7.69. The van der Waals surface area contributed by atoms with Gasteiger partial charge < -0.3 is 9.72 Å². The minimum Gasteiger partial charge on any atom is -0.326 e. The molecule has 4 nitrogen and oxygen atoms in total. The van der Waals surface area contributed by atoms with Gasteiger partial charge in [-0.1, -0.05) is 54.1 Å². The highest BCUT2D eigenvalue weighted by Crippen LogP contribution is 2.26. The lowest BCUT2D eigenvalue weighted by molar-refractivity contribution is -0.116. The second-order valence-electron chi connectivity index (χ2n) is 7.07. The molecule has 4 heteroatoms. The molecule has 28 heavy (non-hydrogen) atoms. The molecule has 0 atom stereocenters. The number of anilines is 1. The van der Waals surface area contributed by atoms with Crippen LogP contribution in [-0.4, -0.2) is 15.3 Å². The average molecular weight is 369 g/mol. The first-order chi connectivity index (χ1) is 13.6. The van der Waals surface area contributed by atoms with Gasteiger partial charge in [0, 0.05) is 23.9 Å². The maximum absolute atomic E-state index is 12.5. The Labute approximate surface area is 164 Å². The SMILES string of the molecule is Cc1ccc(-c2nc3ccccn3c2CCC(=O)Nc2ccccc2C)cc1. The number of fused-ring (bicyclic) bond motifs is 1. The van der Waals surface area contributed by atoms with E-state index in [2.05, 4.69) is 40.9 Å². The lowest BCUT2D eigenvalue weighted by Gasteiger charge is -2.09. The number of nitrogens with one attached hydrogen (secondary N) is 1. The molecule has 0 bridgehead atoms. The van der Waals surface area contributed by atoms with Crippen LogP contribution in [0.15, 0.2) is 72.9 Å². The molecule has 0 spiro atoms. The van der Waals surface area contributed by atoms with Gasteiger partial charge in [-0.05, 0) is 44.0 Å². The predicted molar refractivity (Wildman–Crippen MR) is 113 cm³/mol. The molecule has 2 heterocycles. The van der Waals surface area contributed by atoms with Crippen LogP contribution in [0.3, 0.4) is 0 Å². The van der Waals surface area contributed by atoms with Gasteiger partial charge in [0.25, 0.3) is 0 Å². The van der Waals surface area contributed by atoms with Crippen molar-refractivity contribution < 1.29 is 4.79 Å². The summed E-state index contributed by atoms with van der Waals surface area (Å²) in [5.74, 6) is 0.00929. The number of hydrogen-bond donors (Lipinski definition) is 1. The van der Waals surface area contributed by atoms with Crippen molar-refractivity contribution >= 4 is 17.2 Å². The highest BCUT2D eigenvalue weighted by atomic mass is 16.1. The van der Waals surface area contributed by atoms with Crippen LogP contribution >= 0.6 is 0 Å². The Morgan fingerprint density at radius 3 is 2.50 bits per heavy atom. The zero-order chi connectivity index (χ0) is 19.5. The van der Waals surface area contributed by atoms with Crippen LogP contribution in [-0.2, 0) is 11.2 Å². The number of amides is 1. The standard InChI is InChI=1S/C24H23N3O/c1-17-10-12-19(13-11-17)24-21(27-16-6-5-9-22(27)26-24)14-15-23(28)25-20-8-4-3-7-18(20)2/h3-13,16H,14-15H2,1-2H3,(H,25,28). The van der Waals surface area contributed by atoms with Crippen LogP contribution in [0.4, 0.5) is 5.69 Å². The van der Waals surface area contributed by atoms with Crippen molar-refractivity contribution in [2.24, 2.45) is 0 Å². The number of benzene rings is 2. The third kappa shape index (κ3) is 3.67. The summed E-state index contributed by atoms with van der Waals surface area (Å²) in [6, 6.07) is 22.2. The maximum atomic E-state index is 12.5. The highest BCUT2D eigenvalue weighted by Gasteiger charge is 2.15. The van der Waals surface area contributed by atoms with Crippen LogP contribution in [0, 0.1) is 13.8 Å². The van der Waals surface area contributed by atoms with Gasteiger partial charge in [-0.2, -0.15) is 0 Å². The lowest BCUT2D eigenvalue weighted by Crippen LogP contribution is -2.13. The smallest absolute Gasteiger partial charge is 0.224 e. The number of para-hydroxylation sites is 1. The van der Waals surface area contributed by atoms with Crippen LogP contribution in [0.2, 0.25) is 0 Å². The minimum absolute atomic E-state index is 0.00929. The van der Waals surface area contributed by atoms with Crippen molar-refractivity contribution in [3.8, 4) is 11.3 Å². The summed E-state index contributed by atoms with van der Waals surface area (Å²) in [7, 11) is 0. The monoisotopic (exact) mass is 369 g/mol. The summed E-state index contributed by atoms with van der Waals surface area (Å²) in [4.78, 5) is 17.4. The number of aryl methyl sites for hydroxylation is 3. The molecular weight excluding hydrogens is 346 g/mol. The number of carbonyl (C=O) groups excluding carboxylic acids is 1. The third-order valence-electron chi connectivity index (χ3n) is 4.96. The van der Waals surface area contributed by atoms with E-state index in [1.54, 1.807) is 0 Å². The molecule has 0 saturated heterocycles. The molecule has 140 valence electrons. The van der Waals surface area contributed by atoms with Crippen molar-refractivity contribution in [1.29, 1.82) is 0 Å². The van der Waals surface area contributed by atoms with Gasteiger partial charge in [-0.15, -0.1) is 0 Å². The number of imidazole rings is 1. The molecule has 0 radical (unpaired) electrons. The Morgan fingerprint density at radius 2 is 1.71 bits per heavy atom. The molecule has 4 rings (SSSR count). The first-order valence-electron chi connectivity index (χ1n) is 9.50. The summed E-state index contributed by atoms with van der Waals surface area (Å²) in [6.45, 7) is 4.07. The van der Waals surface area contributed by atoms with Crippen molar-refractivity contribution in [3.63, 3.8) is 0 Å². The number of aromatic nitrogens is 2. The van der Waals surface area contributed by atoms with Gasteiger partial charge in [0.2, 0.25) is 5.91 Å². The fourth-order valence-electron chi connectivity index (χ4n) is 3.39. The molecule has 2 aromatic heterocycles. The number of rotatable bonds is 5. The molecule has 0 fully saturated rings. The van der Waals surface area contributed by atoms with E-state index in [9.17, 15) is 4.79 Å². The van der Waals surface area contributed by atoms with E-state index in [4.69, 9.17) is 4.98 Å². The molecule has 0 aliphatic carbocycles. The van der Waals surface area contributed by atoms with E-state index in [-0.39, 0.29) is 5.91 Å². The fraction of sp³-hybridized carbons (Fsp3) is 0.167. The van der Waals surface area contributed by atoms with Crippen LogP contribution in [0.1, 0.15) is 23.2 Å². The van der Waals surface area contributed by atoms with Gasteiger partial charge in [0.1, 0.15) is 5.65 Å². The van der Waals surface area contributed by atoms with E-state index < -0.39 is 0 Å². The average Bonchev–Trinajstić information content (AvgIpc) is 3.07. The van der Waals surface area contributed by atoms with Crippen LogP contribution < -0.4 is 5.32 Å². The van der Waals surface area contributed by atoms with Crippen molar-refractivity contribution in [1.82, 2.24) is 9.38 Å². The number of nitrogens with zero attached hydrogens (tertiary/aromatic N) is 2. The molecule has 0 saturated carbocycles. The largest absolute Gasteiger partial charge is 0.326 e. The predicted octanol–water partition coefficient (Wildman–Crippen LogP) is 5.19. The molecule has 0 unspecified atom stereocenters. The zero-order valence-corrected chi connectivity index (χ0v) is 16.1. The van der Waals surface area contributed by atoms with Crippen LogP contribution in [0.25, 0.3) is 16.9 Å². The highest BCUT2D eigenvalue weighted by molar-refractivity contribution is 5.91. The normalized spacial score (nSPS) is 10.9. The summed E-state index contributed by atoms with van der Waals surface area (Å²) < 4.78 is 2.08. The molecule has 0 aliphatic heterocycles. The van der Waals surface area contributed by atoms with E-state index >= 15 is 0 Å². The molecule has 2 aromatic carbocycles. The van der Waals surface area contributed by atoms with Crippen molar-refractivity contribution in [2.45, 2.75) is 26.7 Å². The quantitative estimate of drug-likeness (QED) is 0.526. The van der Waals surface area contributed by atoms with Crippen molar-refractivity contribution in [3.05, 3.63) is 89.7 Å². The van der Waals surface area contributed by atoms with E-state index in [0.717, 1.165) is 33.8 Å². The summed E-state index contributed by atoms with van der Waals surface area (Å²) >= 11 is 0. The molecule has 0 aliphatic rings. The molecular formula is C24H23N3O. The molecule has 1 amide bonds. The lowest BCUT2D eigenvalue weighted by atomic mass is 10.1. The number of pyridine rings is 1. The van der Waals surface area contributed by atoms with Gasteiger partial charge in [-0.25, -0.2) is 4.98 Å². The Kier molecular flexibility index (Phi) is 4.94. The van der Waals surface area contributed by atoms with Gasteiger partial charge in [-0.3, -0.25) is 4.79 Å². The number of carbonyl (C=O) groups is 1. The Bertz CT molecular complexity index is 1130. The second-order valence-corrected chi connectivity index (χ2v) is 7.07. The molecule has 4 aromatic rings. The summed E-state index contributed by atoms with van der Waals surface area (Å²) in [5.41, 5.74) is 7.10. The topological polar surface area (TPSA) is 46.4 Å². The van der Waals surface area contributed by atoms with Crippen LogP contribution in [0.5, 0.6) is 0 Å². The maximum Gasteiger partial charge on any atom is 0.224 e. The third-order valence-corrected chi connectivity index (χ3v) is 4.96. The zero-order valence-electron chi connectivity index (χ0n) is 16.1. The summed E-state index contributed by atoms with van der Waals surface area (Å²) in [6.07, 6.45) is 3.02. The van der Waals surface area contributed by atoms with E-state index in [0.29, 0.717) is 12.8 Å². The Morgan fingerprint density at radius 1 is 0.964 bits per heavy atom. The van der Waals surface area contributed by atoms with Gasteiger partial charge in [0.05, 0.1) is 11.4 Å². The first kappa shape index (κ1) is 18.0. The first-order valence-corrected chi connectivity index (χ1v) is 9.50.